The number of benzene rings is 2. The van der Waals surface area contributed by atoms with Crippen molar-refractivity contribution >= 4 is 23.3 Å². The topological polar surface area (TPSA) is 134 Å². The van der Waals surface area contributed by atoms with E-state index in [0.717, 1.165) is 10.1 Å². The van der Waals surface area contributed by atoms with Gasteiger partial charge in [-0.15, -0.1) is 0 Å². The maximum absolute atomic E-state index is 13.0. The SMILES string of the molecule is CCOC(=O)c1cnc(Oc2ccc(/N=c3\[nH]c(=O)n(CC)c(=O)n3Cc3ccc(Cl)cc3)cc2)o1. The fourth-order valence-corrected chi connectivity index (χ4v) is 3.38. The highest BCUT2D eigenvalue weighted by Crippen LogP contribution is 2.24. The maximum Gasteiger partial charge on any atom is 0.399 e. The zero-order valence-electron chi connectivity index (χ0n) is 19.4. The second-order valence-corrected chi connectivity index (χ2v) is 7.85. The van der Waals surface area contributed by atoms with Crippen LogP contribution in [0.15, 0.2) is 73.7 Å². The summed E-state index contributed by atoms with van der Waals surface area (Å²) in [4.78, 5) is 48.1. The van der Waals surface area contributed by atoms with Crippen LogP contribution in [0.5, 0.6) is 11.8 Å². The monoisotopic (exact) mass is 511 g/mol. The number of esters is 1. The molecular weight excluding hydrogens is 490 g/mol. The van der Waals surface area contributed by atoms with Crippen molar-refractivity contribution in [1.29, 1.82) is 0 Å². The van der Waals surface area contributed by atoms with Crippen LogP contribution in [0.4, 0.5) is 5.69 Å². The summed E-state index contributed by atoms with van der Waals surface area (Å²) in [7, 11) is 0. The van der Waals surface area contributed by atoms with Gasteiger partial charge in [-0.2, -0.15) is 4.98 Å². The number of carbonyl (C=O) groups excluding carboxylic acids is 1. The molecule has 4 rings (SSSR count). The third-order valence-corrected chi connectivity index (χ3v) is 5.24. The molecule has 0 aliphatic heterocycles. The van der Waals surface area contributed by atoms with E-state index >= 15 is 0 Å². The summed E-state index contributed by atoms with van der Waals surface area (Å²) in [5.41, 5.74) is 0.303. The molecule has 0 radical (unpaired) electrons. The van der Waals surface area contributed by atoms with Gasteiger partial charge in [0.1, 0.15) is 5.75 Å². The summed E-state index contributed by atoms with van der Waals surface area (Å²) in [6, 6.07) is 13.5. The number of oxazole rings is 1. The number of ether oxygens (including phenoxy) is 2. The van der Waals surface area contributed by atoms with E-state index in [1.54, 1.807) is 62.4 Å². The Balaban J connectivity index is 1.63. The zero-order valence-corrected chi connectivity index (χ0v) is 20.2. The molecule has 1 N–H and O–H groups in total. The normalized spacial score (nSPS) is 11.5. The fraction of sp³-hybridized carbons (Fsp3) is 0.208. The van der Waals surface area contributed by atoms with Crippen LogP contribution in [0, 0.1) is 0 Å². The number of hydrogen-bond donors (Lipinski definition) is 1. The number of halogens is 1. The van der Waals surface area contributed by atoms with Crippen LogP contribution in [0.1, 0.15) is 30.0 Å². The molecule has 0 amide bonds. The predicted octanol–water partition coefficient (Wildman–Crippen LogP) is 3.25. The van der Waals surface area contributed by atoms with Gasteiger partial charge < -0.3 is 13.9 Å². The van der Waals surface area contributed by atoms with Crippen molar-refractivity contribution in [3.8, 4) is 11.8 Å². The molecule has 0 saturated heterocycles. The molecule has 0 saturated carbocycles. The van der Waals surface area contributed by atoms with Gasteiger partial charge in [0, 0.05) is 11.6 Å². The Labute approximate surface area is 209 Å². The molecule has 12 heteroatoms. The first-order valence-corrected chi connectivity index (χ1v) is 11.4. The summed E-state index contributed by atoms with van der Waals surface area (Å²) >= 11 is 5.97. The van der Waals surface area contributed by atoms with Crippen LogP contribution in [-0.2, 0) is 17.8 Å². The number of H-pyrrole nitrogens is 1. The van der Waals surface area contributed by atoms with E-state index in [9.17, 15) is 14.4 Å². The number of aromatic amines is 1. The Morgan fingerprint density at radius 1 is 1.08 bits per heavy atom. The highest BCUT2D eigenvalue weighted by Gasteiger charge is 2.15. The first-order valence-electron chi connectivity index (χ1n) is 11.0. The van der Waals surface area contributed by atoms with Crippen molar-refractivity contribution in [2.24, 2.45) is 4.99 Å². The van der Waals surface area contributed by atoms with E-state index in [0.29, 0.717) is 16.5 Å². The van der Waals surface area contributed by atoms with E-state index in [1.807, 2.05) is 0 Å². The van der Waals surface area contributed by atoms with Gasteiger partial charge in [0.2, 0.25) is 11.4 Å². The van der Waals surface area contributed by atoms with E-state index in [2.05, 4.69) is 15.0 Å². The lowest BCUT2D eigenvalue weighted by Gasteiger charge is -2.10. The first-order chi connectivity index (χ1) is 17.4. The molecule has 0 spiro atoms. The standard InChI is InChI=1S/C24H22ClN5O6/c1-3-29-22(32)28-21(30(24(29)33)14-15-5-7-16(25)8-6-15)27-17-9-11-18(12-10-17)35-23-26-13-19(36-23)20(31)34-4-2/h5-13H,3-4,14H2,1-2H3,(H,27,28,32). The quantitative estimate of drug-likeness (QED) is 0.359. The Hall–Kier alpha value is -4.38. The van der Waals surface area contributed by atoms with Crippen molar-refractivity contribution in [2.45, 2.75) is 26.9 Å². The highest BCUT2D eigenvalue weighted by molar-refractivity contribution is 6.30. The highest BCUT2D eigenvalue weighted by atomic mass is 35.5. The average molecular weight is 512 g/mol. The number of hydrogen-bond acceptors (Lipinski definition) is 8. The summed E-state index contributed by atoms with van der Waals surface area (Å²) in [5.74, 6) is -0.343. The van der Waals surface area contributed by atoms with Gasteiger partial charge in [-0.3, -0.25) is 9.55 Å². The van der Waals surface area contributed by atoms with Crippen molar-refractivity contribution in [1.82, 2.24) is 19.1 Å². The van der Waals surface area contributed by atoms with Gasteiger partial charge >= 0.3 is 23.4 Å². The van der Waals surface area contributed by atoms with Gasteiger partial charge in [0.15, 0.2) is 0 Å². The summed E-state index contributed by atoms with van der Waals surface area (Å²) in [6.07, 6.45) is 1.08. The van der Waals surface area contributed by atoms with Gasteiger partial charge in [0.05, 0.1) is 25.0 Å². The Morgan fingerprint density at radius 3 is 2.47 bits per heavy atom. The molecule has 0 unspecified atom stereocenters. The lowest BCUT2D eigenvalue weighted by atomic mass is 10.2. The van der Waals surface area contributed by atoms with E-state index in [4.69, 9.17) is 25.5 Å². The molecule has 36 heavy (non-hydrogen) atoms. The second kappa shape index (κ2) is 10.9. The molecule has 0 aliphatic carbocycles. The maximum atomic E-state index is 13.0. The predicted molar refractivity (Wildman–Crippen MR) is 130 cm³/mol. The number of aromatic nitrogens is 4. The third kappa shape index (κ3) is 5.63. The number of nitrogens with zero attached hydrogens (tertiary/aromatic N) is 4. The smallest absolute Gasteiger partial charge is 0.399 e. The summed E-state index contributed by atoms with van der Waals surface area (Å²) in [5, 5.41) is 0.574. The zero-order chi connectivity index (χ0) is 25.7. The lowest BCUT2D eigenvalue weighted by molar-refractivity contribution is 0.0485. The van der Waals surface area contributed by atoms with Gasteiger partial charge in [0.25, 0.3) is 0 Å². The number of rotatable bonds is 8. The van der Waals surface area contributed by atoms with Gasteiger partial charge in [-0.05, 0) is 55.8 Å². The van der Waals surface area contributed by atoms with Crippen LogP contribution in [0.25, 0.3) is 0 Å². The largest absolute Gasteiger partial charge is 0.460 e. The van der Waals surface area contributed by atoms with Crippen LogP contribution in [0.3, 0.4) is 0 Å². The van der Waals surface area contributed by atoms with Crippen LogP contribution >= 0.6 is 11.6 Å². The lowest BCUT2D eigenvalue weighted by Crippen LogP contribution is -2.49. The minimum absolute atomic E-state index is 0.0746. The Morgan fingerprint density at radius 2 is 1.81 bits per heavy atom. The van der Waals surface area contributed by atoms with Crippen molar-refractivity contribution in [3.05, 3.63) is 97.7 Å². The second-order valence-electron chi connectivity index (χ2n) is 7.41. The van der Waals surface area contributed by atoms with E-state index < -0.39 is 17.3 Å². The van der Waals surface area contributed by atoms with Crippen LogP contribution < -0.4 is 21.7 Å². The fourth-order valence-electron chi connectivity index (χ4n) is 3.25. The number of carbonyl (C=O) groups is 1. The number of nitrogens with one attached hydrogen (secondary N) is 1. The molecule has 2 heterocycles. The van der Waals surface area contributed by atoms with Gasteiger partial charge in [-0.1, -0.05) is 23.7 Å². The minimum atomic E-state index is -0.639. The van der Waals surface area contributed by atoms with Gasteiger partial charge in [-0.25, -0.2) is 23.9 Å². The molecule has 0 fully saturated rings. The Bertz CT molecular complexity index is 1550. The Kier molecular flexibility index (Phi) is 7.50. The molecule has 186 valence electrons. The van der Waals surface area contributed by atoms with E-state index in [-0.39, 0.29) is 37.2 Å². The molecule has 0 bridgehead atoms. The van der Waals surface area contributed by atoms with E-state index in [1.165, 1.54) is 10.8 Å². The molecule has 4 aromatic rings. The van der Waals surface area contributed by atoms with Crippen molar-refractivity contribution in [3.63, 3.8) is 0 Å². The molecule has 0 aliphatic rings. The van der Waals surface area contributed by atoms with Crippen molar-refractivity contribution in [2.75, 3.05) is 6.61 Å². The average Bonchev–Trinajstić information content (AvgIpc) is 3.33. The van der Waals surface area contributed by atoms with Crippen molar-refractivity contribution < 1.29 is 18.7 Å². The molecular formula is C24H22ClN5O6. The van der Waals surface area contributed by atoms with Crippen LogP contribution in [-0.4, -0.2) is 31.7 Å². The first kappa shape index (κ1) is 24.7. The minimum Gasteiger partial charge on any atom is -0.460 e. The summed E-state index contributed by atoms with van der Waals surface area (Å²) < 4.78 is 18.1. The van der Waals surface area contributed by atoms with Crippen LogP contribution in [0.2, 0.25) is 5.02 Å². The molecule has 2 aromatic heterocycles. The molecule has 0 atom stereocenters. The summed E-state index contributed by atoms with van der Waals surface area (Å²) in [6.45, 7) is 3.99. The third-order valence-electron chi connectivity index (χ3n) is 4.99. The molecule has 11 nitrogen and oxygen atoms in total. The molecule has 2 aromatic carbocycles.